The molecule has 0 atom stereocenters. The molecule has 1 aromatic carbocycles. The Labute approximate surface area is 110 Å². The maximum absolute atomic E-state index is 13.1. The molecule has 0 unspecified atom stereocenters. The van der Waals surface area contributed by atoms with Gasteiger partial charge in [0.15, 0.2) is 0 Å². The first-order chi connectivity index (χ1) is 8.86. The Kier molecular flexibility index (Phi) is 3.57. The van der Waals surface area contributed by atoms with Crippen molar-refractivity contribution in [2.75, 3.05) is 5.32 Å². The average molecular weight is 292 g/mol. The Morgan fingerprint density at radius 1 is 1.16 bits per heavy atom. The van der Waals surface area contributed by atoms with Gasteiger partial charge in [-0.15, -0.1) is 0 Å². The van der Waals surface area contributed by atoms with Crippen LogP contribution in [0.1, 0.15) is 5.56 Å². The molecule has 19 heavy (non-hydrogen) atoms. The van der Waals surface area contributed by atoms with Crippen LogP contribution in [0.15, 0.2) is 30.5 Å². The van der Waals surface area contributed by atoms with Crippen LogP contribution in [-0.2, 0) is 6.18 Å². The summed E-state index contributed by atoms with van der Waals surface area (Å²) in [6.45, 7) is 0. The van der Waals surface area contributed by atoms with E-state index in [0.717, 1.165) is 6.07 Å². The molecule has 100 valence electrons. The van der Waals surface area contributed by atoms with Crippen LogP contribution in [0.5, 0.6) is 0 Å². The minimum Gasteiger partial charge on any atom is -0.340 e. The van der Waals surface area contributed by atoms with E-state index in [1.54, 1.807) is 0 Å². The van der Waals surface area contributed by atoms with E-state index >= 15 is 0 Å². The number of halogens is 5. The molecule has 0 saturated heterocycles. The lowest BCUT2D eigenvalue weighted by atomic mass is 10.2. The van der Waals surface area contributed by atoms with Gasteiger partial charge in [0.05, 0.1) is 5.56 Å². The summed E-state index contributed by atoms with van der Waals surface area (Å²) < 4.78 is 50.6. The van der Waals surface area contributed by atoms with Crippen LogP contribution in [0.25, 0.3) is 0 Å². The van der Waals surface area contributed by atoms with Crippen molar-refractivity contribution in [3.05, 3.63) is 47.1 Å². The van der Waals surface area contributed by atoms with Crippen molar-refractivity contribution in [3.8, 4) is 0 Å². The predicted molar refractivity (Wildman–Crippen MR) is 61.7 cm³/mol. The third-order valence-electron chi connectivity index (χ3n) is 2.17. The Hall–Kier alpha value is -1.89. The molecule has 0 fully saturated rings. The molecule has 1 heterocycles. The summed E-state index contributed by atoms with van der Waals surface area (Å²) in [5.74, 6) is -1.13. The minimum absolute atomic E-state index is 0.0449. The van der Waals surface area contributed by atoms with Crippen LogP contribution in [0, 0.1) is 5.82 Å². The lowest BCUT2D eigenvalue weighted by Gasteiger charge is -2.11. The van der Waals surface area contributed by atoms with Crippen molar-refractivity contribution in [2.24, 2.45) is 0 Å². The molecule has 0 aliphatic rings. The predicted octanol–water partition coefficient (Wildman–Crippen LogP) is 4.03. The van der Waals surface area contributed by atoms with Gasteiger partial charge in [-0.25, -0.2) is 14.4 Å². The van der Waals surface area contributed by atoms with E-state index in [-0.39, 0.29) is 16.8 Å². The van der Waals surface area contributed by atoms with Crippen LogP contribution >= 0.6 is 11.6 Å². The summed E-state index contributed by atoms with van der Waals surface area (Å²) in [5.41, 5.74) is -1.30. The summed E-state index contributed by atoms with van der Waals surface area (Å²) in [6.07, 6.45) is -3.42. The number of hydrogen-bond acceptors (Lipinski definition) is 3. The molecule has 0 bridgehead atoms. The first-order valence-electron chi connectivity index (χ1n) is 4.98. The third kappa shape index (κ3) is 3.31. The highest BCUT2D eigenvalue weighted by Gasteiger charge is 2.34. The van der Waals surface area contributed by atoms with Gasteiger partial charge in [-0.05, 0) is 35.9 Å². The van der Waals surface area contributed by atoms with Crippen molar-refractivity contribution >= 4 is 23.1 Å². The number of hydrogen-bond donors (Lipinski definition) is 1. The number of alkyl halides is 3. The van der Waals surface area contributed by atoms with E-state index in [4.69, 9.17) is 11.6 Å². The van der Waals surface area contributed by atoms with Gasteiger partial charge in [0, 0.05) is 11.9 Å². The molecule has 0 radical (unpaired) electrons. The van der Waals surface area contributed by atoms with Crippen molar-refractivity contribution in [1.29, 1.82) is 0 Å². The van der Waals surface area contributed by atoms with Gasteiger partial charge in [0.25, 0.3) is 0 Å². The minimum atomic E-state index is -4.76. The molecule has 1 N–H and O–H groups in total. The smallest absolute Gasteiger partial charge is 0.340 e. The van der Waals surface area contributed by atoms with E-state index in [1.165, 1.54) is 18.3 Å². The lowest BCUT2D eigenvalue weighted by molar-refractivity contribution is -0.139. The first kappa shape index (κ1) is 13.5. The van der Waals surface area contributed by atoms with Gasteiger partial charge in [-0.1, -0.05) is 0 Å². The molecule has 0 aliphatic heterocycles. The number of nitrogens with one attached hydrogen (secondary N) is 1. The van der Waals surface area contributed by atoms with Crippen LogP contribution < -0.4 is 5.32 Å². The molecule has 8 heteroatoms. The maximum atomic E-state index is 13.1. The monoisotopic (exact) mass is 291 g/mol. The van der Waals surface area contributed by atoms with Gasteiger partial charge in [0.1, 0.15) is 11.6 Å². The fourth-order valence-corrected chi connectivity index (χ4v) is 1.52. The standard InChI is InChI=1S/C11H6ClF4N3/c12-10-17-4-3-9(19-10)18-6-1-2-8(13)7(5-6)11(14,15)16/h1-5H,(H,17,18,19). The van der Waals surface area contributed by atoms with Crippen molar-refractivity contribution < 1.29 is 17.6 Å². The van der Waals surface area contributed by atoms with E-state index < -0.39 is 17.6 Å². The normalized spacial score (nSPS) is 11.4. The highest BCUT2D eigenvalue weighted by atomic mass is 35.5. The SMILES string of the molecule is Fc1ccc(Nc2ccnc(Cl)n2)cc1C(F)(F)F. The quantitative estimate of drug-likeness (QED) is 0.670. The van der Waals surface area contributed by atoms with E-state index in [0.29, 0.717) is 6.07 Å². The van der Waals surface area contributed by atoms with Gasteiger partial charge in [-0.3, -0.25) is 0 Å². The zero-order valence-corrected chi connectivity index (χ0v) is 9.93. The van der Waals surface area contributed by atoms with Crippen LogP contribution in [0.4, 0.5) is 29.1 Å². The highest BCUT2D eigenvalue weighted by molar-refractivity contribution is 6.28. The van der Waals surface area contributed by atoms with E-state index in [2.05, 4.69) is 15.3 Å². The summed E-state index contributed by atoms with van der Waals surface area (Å²) in [5, 5.41) is 2.53. The molecule has 2 aromatic rings. The molecule has 1 aromatic heterocycles. The Balaban J connectivity index is 2.32. The molecular weight excluding hydrogens is 286 g/mol. The van der Waals surface area contributed by atoms with Crippen LogP contribution in [0.3, 0.4) is 0 Å². The van der Waals surface area contributed by atoms with Crippen molar-refractivity contribution in [3.63, 3.8) is 0 Å². The Bertz CT molecular complexity index is 601. The number of benzene rings is 1. The van der Waals surface area contributed by atoms with Crippen LogP contribution in [-0.4, -0.2) is 9.97 Å². The summed E-state index contributed by atoms with van der Waals surface area (Å²) in [4.78, 5) is 7.38. The van der Waals surface area contributed by atoms with E-state index in [9.17, 15) is 17.6 Å². The molecule has 0 aliphatic carbocycles. The van der Waals surface area contributed by atoms with Crippen molar-refractivity contribution in [2.45, 2.75) is 6.18 Å². The summed E-state index contributed by atoms with van der Waals surface area (Å²) >= 11 is 5.54. The number of nitrogens with zero attached hydrogens (tertiary/aromatic N) is 2. The molecule has 3 nitrogen and oxygen atoms in total. The fourth-order valence-electron chi connectivity index (χ4n) is 1.37. The van der Waals surface area contributed by atoms with Gasteiger partial charge in [-0.2, -0.15) is 13.2 Å². The summed E-state index contributed by atoms with van der Waals surface area (Å²) in [6, 6.07) is 3.97. The highest BCUT2D eigenvalue weighted by Crippen LogP contribution is 2.33. The zero-order chi connectivity index (χ0) is 14.0. The first-order valence-corrected chi connectivity index (χ1v) is 5.36. The molecular formula is C11H6ClF4N3. The number of rotatable bonds is 2. The maximum Gasteiger partial charge on any atom is 0.419 e. The zero-order valence-electron chi connectivity index (χ0n) is 9.17. The second kappa shape index (κ2) is 5.00. The summed E-state index contributed by atoms with van der Waals surface area (Å²) in [7, 11) is 0. The topological polar surface area (TPSA) is 37.8 Å². The van der Waals surface area contributed by atoms with Gasteiger partial charge >= 0.3 is 6.18 Å². The molecule has 0 spiro atoms. The van der Waals surface area contributed by atoms with Gasteiger partial charge < -0.3 is 5.32 Å². The number of aromatic nitrogens is 2. The molecule has 0 amide bonds. The second-order valence-electron chi connectivity index (χ2n) is 3.53. The Morgan fingerprint density at radius 3 is 2.53 bits per heavy atom. The van der Waals surface area contributed by atoms with E-state index in [1.807, 2.05) is 0 Å². The second-order valence-corrected chi connectivity index (χ2v) is 3.87. The fraction of sp³-hybridized carbons (Fsp3) is 0.0909. The average Bonchev–Trinajstić information content (AvgIpc) is 2.30. The molecule has 0 saturated carbocycles. The number of anilines is 2. The van der Waals surface area contributed by atoms with Gasteiger partial charge in [0.2, 0.25) is 5.28 Å². The molecule has 2 rings (SSSR count). The van der Waals surface area contributed by atoms with Crippen LogP contribution in [0.2, 0.25) is 5.28 Å². The van der Waals surface area contributed by atoms with Crippen molar-refractivity contribution in [1.82, 2.24) is 9.97 Å². The largest absolute Gasteiger partial charge is 0.419 e. The lowest BCUT2D eigenvalue weighted by Crippen LogP contribution is -2.08. The Morgan fingerprint density at radius 2 is 1.89 bits per heavy atom. The third-order valence-corrected chi connectivity index (χ3v) is 2.35.